The molecule has 0 saturated heterocycles. The van der Waals surface area contributed by atoms with E-state index in [2.05, 4.69) is 124 Å². The highest BCUT2D eigenvalue weighted by Gasteiger charge is 2.18. The molecule has 1 aliphatic carbocycles. The topological polar surface area (TPSA) is 43.6 Å². The normalized spacial score (nSPS) is 12.6. The first-order valence-corrected chi connectivity index (χ1v) is 15.4. The zero-order valence-electron chi connectivity index (χ0n) is 24.6. The van der Waals surface area contributed by atoms with E-state index in [9.17, 15) is 0 Å². The number of fused-ring (bicyclic) bond motifs is 6. The molecule has 4 aromatic heterocycles. The summed E-state index contributed by atoms with van der Waals surface area (Å²) in [5.74, 6) is 0. The van der Waals surface area contributed by atoms with Crippen molar-refractivity contribution in [3.63, 3.8) is 0 Å². The molecule has 4 heteroatoms. The zero-order chi connectivity index (χ0) is 29.7. The first-order chi connectivity index (χ1) is 22.3. The number of hydrogen-bond acceptors (Lipinski definition) is 3. The summed E-state index contributed by atoms with van der Waals surface area (Å²) < 4.78 is 2.29. The standard InChI is InChI=1S/C41H28N4/c1-2-10-31-28(9-1)23-36(33-12-4-3-11-32(31)33)29-24-38(44-39(25-29)37-14-7-8-21-43-37)27-16-18-30(19-17-27)45-40-15-6-5-13-34(40)35-20-22-42-26-41(35)45/h1-2,4-10,12-26H,3,11H2. The molecular formula is C41H28N4. The van der Waals surface area contributed by atoms with E-state index in [1.54, 1.807) is 0 Å². The van der Waals surface area contributed by atoms with Crippen LogP contribution in [0.15, 0.2) is 140 Å². The van der Waals surface area contributed by atoms with Gasteiger partial charge in [0.15, 0.2) is 0 Å². The summed E-state index contributed by atoms with van der Waals surface area (Å²) in [6.07, 6.45) is 12.4. The lowest BCUT2D eigenvalue weighted by molar-refractivity contribution is 0.998. The van der Waals surface area contributed by atoms with Crippen LogP contribution in [0.25, 0.3) is 78.1 Å². The molecule has 0 unspecified atom stereocenters. The third-order valence-corrected chi connectivity index (χ3v) is 9.01. The number of rotatable bonds is 4. The largest absolute Gasteiger partial charge is 0.308 e. The van der Waals surface area contributed by atoms with Gasteiger partial charge >= 0.3 is 0 Å². The van der Waals surface area contributed by atoms with Crippen LogP contribution in [0.1, 0.15) is 17.5 Å². The van der Waals surface area contributed by atoms with E-state index in [0.29, 0.717) is 0 Å². The summed E-state index contributed by atoms with van der Waals surface area (Å²) in [6, 6.07) is 40.9. The smallest absolute Gasteiger partial charge is 0.0899 e. The molecule has 4 heterocycles. The summed E-state index contributed by atoms with van der Waals surface area (Å²) in [6.45, 7) is 0. The van der Waals surface area contributed by atoms with Crippen LogP contribution < -0.4 is 0 Å². The molecule has 4 nitrogen and oxygen atoms in total. The van der Waals surface area contributed by atoms with E-state index in [0.717, 1.165) is 52.3 Å². The van der Waals surface area contributed by atoms with E-state index in [1.165, 1.54) is 43.8 Å². The van der Waals surface area contributed by atoms with Gasteiger partial charge in [-0.3, -0.25) is 9.97 Å². The number of allylic oxidation sites excluding steroid dienone is 1. The molecule has 0 N–H and O–H groups in total. The number of nitrogens with zero attached hydrogens (tertiary/aromatic N) is 4. The van der Waals surface area contributed by atoms with Crippen molar-refractivity contribution in [2.24, 2.45) is 0 Å². The van der Waals surface area contributed by atoms with Gasteiger partial charge in [0.2, 0.25) is 0 Å². The van der Waals surface area contributed by atoms with Gasteiger partial charge in [-0.05, 0) is 100 Å². The van der Waals surface area contributed by atoms with Crippen molar-refractivity contribution in [1.82, 2.24) is 19.5 Å². The minimum absolute atomic E-state index is 0.861. The lowest BCUT2D eigenvalue weighted by Gasteiger charge is -2.19. The maximum atomic E-state index is 5.17. The number of pyridine rings is 3. The number of aromatic nitrogens is 4. The summed E-state index contributed by atoms with van der Waals surface area (Å²) in [5.41, 5.74) is 12.2. The molecule has 9 rings (SSSR count). The van der Waals surface area contributed by atoms with Crippen molar-refractivity contribution >= 4 is 38.7 Å². The van der Waals surface area contributed by atoms with Crippen LogP contribution in [-0.4, -0.2) is 19.5 Å². The Morgan fingerprint density at radius 2 is 1.40 bits per heavy atom. The van der Waals surface area contributed by atoms with Crippen molar-refractivity contribution in [2.45, 2.75) is 12.8 Å². The van der Waals surface area contributed by atoms with Crippen molar-refractivity contribution in [3.8, 4) is 39.5 Å². The summed E-state index contributed by atoms with van der Waals surface area (Å²) in [7, 11) is 0. The third-order valence-electron chi connectivity index (χ3n) is 9.01. The molecule has 0 fully saturated rings. The van der Waals surface area contributed by atoms with Gasteiger partial charge in [0, 0.05) is 34.4 Å². The number of hydrogen-bond donors (Lipinski definition) is 0. The molecule has 1 aliphatic rings. The van der Waals surface area contributed by atoms with Crippen LogP contribution in [0.4, 0.5) is 0 Å². The molecule has 0 aliphatic heterocycles. The Balaban J connectivity index is 1.22. The highest BCUT2D eigenvalue weighted by Crippen LogP contribution is 2.39. The first kappa shape index (κ1) is 25.6. The fourth-order valence-corrected chi connectivity index (χ4v) is 6.92. The molecule has 4 aromatic carbocycles. The van der Waals surface area contributed by atoms with Crippen LogP contribution in [0, 0.1) is 0 Å². The van der Waals surface area contributed by atoms with Crippen molar-refractivity contribution in [2.75, 3.05) is 0 Å². The monoisotopic (exact) mass is 576 g/mol. The lowest BCUT2D eigenvalue weighted by Crippen LogP contribution is -2.00. The number of para-hydroxylation sites is 1. The van der Waals surface area contributed by atoms with Gasteiger partial charge in [0.05, 0.1) is 34.3 Å². The van der Waals surface area contributed by atoms with Crippen LogP contribution in [0.2, 0.25) is 0 Å². The van der Waals surface area contributed by atoms with Crippen molar-refractivity contribution in [1.29, 1.82) is 0 Å². The predicted molar refractivity (Wildman–Crippen MR) is 185 cm³/mol. The van der Waals surface area contributed by atoms with Crippen LogP contribution in [0.5, 0.6) is 0 Å². The van der Waals surface area contributed by atoms with Gasteiger partial charge < -0.3 is 4.57 Å². The number of aryl methyl sites for hydroxylation is 1. The van der Waals surface area contributed by atoms with Crippen LogP contribution >= 0.6 is 0 Å². The highest BCUT2D eigenvalue weighted by molar-refractivity contribution is 6.09. The average molecular weight is 577 g/mol. The predicted octanol–water partition coefficient (Wildman–Crippen LogP) is 10.1. The van der Waals surface area contributed by atoms with Crippen LogP contribution in [-0.2, 0) is 6.42 Å². The van der Waals surface area contributed by atoms with Crippen molar-refractivity contribution in [3.05, 3.63) is 151 Å². The Bertz CT molecular complexity index is 2360. The molecule has 8 aromatic rings. The van der Waals surface area contributed by atoms with E-state index in [1.807, 2.05) is 36.8 Å². The third kappa shape index (κ3) is 4.26. The van der Waals surface area contributed by atoms with Gasteiger partial charge in [0.25, 0.3) is 0 Å². The van der Waals surface area contributed by atoms with Crippen LogP contribution in [0.3, 0.4) is 0 Å². The molecular weight excluding hydrogens is 548 g/mol. The van der Waals surface area contributed by atoms with E-state index in [4.69, 9.17) is 4.98 Å². The quantitative estimate of drug-likeness (QED) is 0.209. The van der Waals surface area contributed by atoms with Gasteiger partial charge in [-0.1, -0.05) is 72.8 Å². The second-order valence-electron chi connectivity index (χ2n) is 11.6. The van der Waals surface area contributed by atoms with E-state index < -0.39 is 0 Å². The minimum Gasteiger partial charge on any atom is -0.308 e. The van der Waals surface area contributed by atoms with E-state index >= 15 is 0 Å². The average Bonchev–Trinajstić information content (AvgIpc) is 3.46. The molecule has 45 heavy (non-hydrogen) atoms. The Morgan fingerprint density at radius 1 is 0.600 bits per heavy atom. The van der Waals surface area contributed by atoms with Gasteiger partial charge in [-0.25, -0.2) is 4.98 Å². The first-order valence-electron chi connectivity index (χ1n) is 15.4. The number of benzene rings is 4. The summed E-state index contributed by atoms with van der Waals surface area (Å²) in [5, 5.41) is 5.04. The molecule has 0 radical (unpaired) electrons. The molecule has 0 atom stereocenters. The highest BCUT2D eigenvalue weighted by atomic mass is 15.0. The second kappa shape index (κ2) is 10.4. The van der Waals surface area contributed by atoms with Gasteiger partial charge in [0.1, 0.15) is 0 Å². The zero-order valence-corrected chi connectivity index (χ0v) is 24.6. The van der Waals surface area contributed by atoms with Gasteiger partial charge in [-0.15, -0.1) is 0 Å². The fourth-order valence-electron chi connectivity index (χ4n) is 6.92. The van der Waals surface area contributed by atoms with E-state index in [-0.39, 0.29) is 0 Å². The molecule has 0 spiro atoms. The fraction of sp³-hybridized carbons (Fsp3) is 0.0488. The molecule has 212 valence electrons. The Morgan fingerprint density at radius 3 is 2.29 bits per heavy atom. The summed E-state index contributed by atoms with van der Waals surface area (Å²) in [4.78, 5) is 14.3. The maximum Gasteiger partial charge on any atom is 0.0899 e. The Hall–Kier alpha value is -5.87. The molecule has 0 saturated carbocycles. The second-order valence-corrected chi connectivity index (χ2v) is 11.6. The molecule has 0 bridgehead atoms. The van der Waals surface area contributed by atoms with Gasteiger partial charge in [-0.2, -0.15) is 0 Å². The molecule has 0 amide bonds. The Kier molecular flexibility index (Phi) is 5.91. The lowest BCUT2D eigenvalue weighted by atomic mass is 9.85. The maximum absolute atomic E-state index is 5.17. The van der Waals surface area contributed by atoms with Crippen molar-refractivity contribution < 1.29 is 0 Å². The summed E-state index contributed by atoms with van der Waals surface area (Å²) >= 11 is 0. The Labute approximate surface area is 261 Å². The minimum atomic E-state index is 0.861. The SMILES string of the molecule is C1=Cc2c(-c3cc(-c4ccc(-n5c6ccccc6c6ccncc65)cc4)nc(-c4ccccn4)c3)cc3ccccc3c2CC1.